The van der Waals surface area contributed by atoms with Gasteiger partial charge in [-0.3, -0.25) is 0 Å². The number of aromatic nitrogens is 1. The Morgan fingerprint density at radius 2 is 2.09 bits per heavy atom. The first-order valence-corrected chi connectivity index (χ1v) is 8.00. The molecule has 8 heteroatoms. The molecule has 0 aliphatic rings. The van der Waals surface area contributed by atoms with Gasteiger partial charge in [-0.2, -0.15) is 0 Å². The number of esters is 1. The first-order chi connectivity index (χ1) is 10.2. The molecule has 2 aromatic rings. The predicted octanol–water partition coefficient (Wildman–Crippen LogP) is 3.02. The van der Waals surface area contributed by atoms with Crippen LogP contribution in [-0.4, -0.2) is 37.2 Å². The molecule has 1 N–H and O–H groups in total. The minimum atomic E-state index is -4.65. The molecule has 4 nitrogen and oxygen atoms in total. The monoisotopic (exact) mass is 379 g/mol. The van der Waals surface area contributed by atoms with Crippen LogP contribution in [0, 0.1) is 6.92 Å². The van der Waals surface area contributed by atoms with Gasteiger partial charge in [0, 0.05) is 0 Å². The summed E-state index contributed by atoms with van der Waals surface area (Å²) in [6.45, 7) is 3.51. The number of hydrogen-bond acceptors (Lipinski definition) is 4. The maximum absolute atomic E-state index is 12.8. The Kier molecular flexibility index (Phi) is 4.63. The first kappa shape index (κ1) is 16.6. The van der Waals surface area contributed by atoms with Gasteiger partial charge >= 0.3 is 130 Å². The van der Waals surface area contributed by atoms with Crippen LogP contribution >= 0.6 is 0 Å². The summed E-state index contributed by atoms with van der Waals surface area (Å²) < 4.78 is 44.2. The standard InChI is InChI=1S/C14H12F3NO3Se/c1-3-21-13(20)11-7(2)18-12(22-11)8-4-5-10(19)9(6-8)14(15,16)17/h4-6,19H,3H2,1-2H3. The molecular weight excluding hydrogens is 366 g/mol. The van der Waals surface area contributed by atoms with Crippen molar-refractivity contribution in [2.45, 2.75) is 20.0 Å². The zero-order valence-corrected chi connectivity index (χ0v) is 13.4. The number of halogens is 3. The molecule has 1 heterocycles. The summed E-state index contributed by atoms with van der Waals surface area (Å²) in [6.07, 6.45) is -4.65. The van der Waals surface area contributed by atoms with Crippen molar-refractivity contribution < 1.29 is 27.8 Å². The van der Waals surface area contributed by atoms with Gasteiger partial charge in [0.2, 0.25) is 0 Å². The fraction of sp³-hybridized carbons (Fsp3) is 0.286. The van der Waals surface area contributed by atoms with Crippen LogP contribution in [0.2, 0.25) is 0 Å². The average molecular weight is 378 g/mol. The Balaban J connectivity index is 2.45. The van der Waals surface area contributed by atoms with Crippen LogP contribution in [0.25, 0.3) is 10.1 Å². The third kappa shape index (κ3) is 3.34. The van der Waals surface area contributed by atoms with Gasteiger partial charge in [-0.15, -0.1) is 0 Å². The Bertz CT molecular complexity index is 710. The fourth-order valence-electron chi connectivity index (χ4n) is 1.80. The van der Waals surface area contributed by atoms with Gasteiger partial charge in [-0.05, 0) is 0 Å². The molecule has 0 amide bonds. The summed E-state index contributed by atoms with van der Waals surface area (Å²) in [5, 5.41) is 9.34. The summed E-state index contributed by atoms with van der Waals surface area (Å²) in [5.41, 5.74) is -0.426. The Hall–Kier alpha value is -1.79. The van der Waals surface area contributed by atoms with Gasteiger partial charge in [0.1, 0.15) is 0 Å². The Morgan fingerprint density at radius 3 is 2.68 bits per heavy atom. The van der Waals surface area contributed by atoms with Crippen LogP contribution in [0.15, 0.2) is 18.2 Å². The summed E-state index contributed by atoms with van der Waals surface area (Å²) in [7, 11) is 0. The molecule has 0 unspecified atom stereocenters. The van der Waals surface area contributed by atoms with Gasteiger partial charge in [-0.25, -0.2) is 0 Å². The van der Waals surface area contributed by atoms with Crippen LogP contribution in [0.3, 0.4) is 0 Å². The van der Waals surface area contributed by atoms with E-state index in [1.807, 2.05) is 0 Å². The molecule has 118 valence electrons. The number of carbonyl (C=O) groups excluding carboxylic acids is 1. The number of aryl methyl sites for hydroxylation is 1. The number of nitrogens with zero attached hydrogens (tertiary/aromatic N) is 1. The van der Waals surface area contributed by atoms with E-state index in [1.165, 1.54) is 6.07 Å². The number of aromatic hydroxyl groups is 1. The van der Waals surface area contributed by atoms with Gasteiger partial charge in [0.25, 0.3) is 0 Å². The van der Waals surface area contributed by atoms with Crippen LogP contribution < -0.4 is 0 Å². The van der Waals surface area contributed by atoms with E-state index in [2.05, 4.69) is 4.98 Å². The van der Waals surface area contributed by atoms with Crippen molar-refractivity contribution in [2.24, 2.45) is 0 Å². The summed E-state index contributed by atoms with van der Waals surface area (Å²) in [5.74, 6) is -1.33. The van der Waals surface area contributed by atoms with Crippen molar-refractivity contribution >= 4 is 20.5 Å². The van der Waals surface area contributed by atoms with Crippen LogP contribution in [0.1, 0.15) is 27.4 Å². The molecule has 0 aliphatic carbocycles. The van der Waals surface area contributed by atoms with E-state index in [-0.39, 0.29) is 12.2 Å². The maximum atomic E-state index is 12.8. The number of phenolic OH excluding ortho intramolecular Hbond substituents is 1. The van der Waals surface area contributed by atoms with E-state index in [9.17, 15) is 23.1 Å². The molecule has 0 saturated carbocycles. The van der Waals surface area contributed by atoms with E-state index >= 15 is 0 Å². The van der Waals surface area contributed by atoms with Crippen LogP contribution in [0.4, 0.5) is 13.2 Å². The second kappa shape index (κ2) is 6.14. The van der Waals surface area contributed by atoms with E-state index in [4.69, 9.17) is 4.74 Å². The molecule has 0 saturated heterocycles. The first-order valence-electron chi connectivity index (χ1n) is 6.29. The third-order valence-electron chi connectivity index (χ3n) is 2.81. The summed E-state index contributed by atoms with van der Waals surface area (Å²) >= 11 is -0.532. The fourth-order valence-corrected chi connectivity index (χ4v) is 3.81. The van der Waals surface area contributed by atoms with Crippen molar-refractivity contribution in [2.75, 3.05) is 6.61 Å². The van der Waals surface area contributed by atoms with Crippen LogP contribution in [0.5, 0.6) is 5.75 Å². The number of hydrogen-bond donors (Lipinski definition) is 1. The number of alkyl halides is 3. The minimum absolute atomic E-state index is 0.221. The van der Waals surface area contributed by atoms with Crippen molar-refractivity contribution in [3.05, 3.63) is 33.9 Å². The Labute approximate surface area is 130 Å². The molecule has 0 bridgehead atoms. The number of ether oxygens (including phenoxy) is 1. The summed E-state index contributed by atoms with van der Waals surface area (Å²) in [6, 6.07) is 3.18. The molecule has 0 aliphatic heterocycles. The van der Waals surface area contributed by atoms with Gasteiger partial charge < -0.3 is 0 Å². The van der Waals surface area contributed by atoms with Crippen molar-refractivity contribution in [1.29, 1.82) is 0 Å². The number of carbonyl (C=O) groups is 1. The molecule has 0 radical (unpaired) electrons. The van der Waals surface area contributed by atoms with Crippen molar-refractivity contribution in [1.82, 2.24) is 4.98 Å². The van der Waals surface area contributed by atoms with Gasteiger partial charge in [-0.1, -0.05) is 0 Å². The van der Waals surface area contributed by atoms with Crippen molar-refractivity contribution in [3.63, 3.8) is 0 Å². The molecule has 1 aromatic carbocycles. The molecule has 0 atom stereocenters. The Morgan fingerprint density at radius 1 is 1.41 bits per heavy atom. The molecule has 0 spiro atoms. The topological polar surface area (TPSA) is 59.4 Å². The number of benzene rings is 1. The molecule has 1 aromatic heterocycles. The zero-order chi connectivity index (χ0) is 16.5. The third-order valence-corrected chi connectivity index (χ3v) is 5.30. The normalized spacial score (nSPS) is 11.5. The van der Waals surface area contributed by atoms with Crippen molar-refractivity contribution in [3.8, 4) is 15.9 Å². The zero-order valence-electron chi connectivity index (χ0n) is 11.7. The summed E-state index contributed by atoms with van der Waals surface area (Å²) in [4.78, 5) is 15.9. The molecular formula is C14H12F3NO3Se. The van der Waals surface area contributed by atoms with E-state index in [1.54, 1.807) is 13.8 Å². The van der Waals surface area contributed by atoms with E-state index < -0.39 is 38.0 Å². The molecule has 22 heavy (non-hydrogen) atoms. The quantitative estimate of drug-likeness (QED) is 0.659. The number of rotatable bonds is 3. The van der Waals surface area contributed by atoms with Gasteiger partial charge in [0.05, 0.1) is 0 Å². The van der Waals surface area contributed by atoms with E-state index in [0.29, 0.717) is 14.7 Å². The predicted molar refractivity (Wildman–Crippen MR) is 74.0 cm³/mol. The average Bonchev–Trinajstić information content (AvgIpc) is 2.80. The van der Waals surface area contributed by atoms with Gasteiger partial charge in [0.15, 0.2) is 0 Å². The molecule has 2 rings (SSSR count). The second-order valence-electron chi connectivity index (χ2n) is 4.38. The van der Waals surface area contributed by atoms with E-state index in [0.717, 1.165) is 12.1 Å². The second-order valence-corrected chi connectivity index (χ2v) is 6.48. The molecule has 0 fully saturated rings. The SMILES string of the molecule is CCOC(=O)c1[se]c(-c2ccc(O)c(C(F)(F)F)c2)nc1C. The number of phenols is 1. The van der Waals surface area contributed by atoms with Crippen LogP contribution in [-0.2, 0) is 10.9 Å².